The first-order valence-electron chi connectivity index (χ1n) is 7.75. The van der Waals surface area contributed by atoms with Crippen LogP contribution in [-0.2, 0) is 4.79 Å². The van der Waals surface area contributed by atoms with Gasteiger partial charge in [-0.15, -0.1) is 0 Å². The van der Waals surface area contributed by atoms with Gasteiger partial charge in [0.1, 0.15) is 5.75 Å². The first-order valence-corrected chi connectivity index (χ1v) is 7.75. The van der Waals surface area contributed by atoms with E-state index in [1.807, 2.05) is 36.1 Å². The summed E-state index contributed by atoms with van der Waals surface area (Å²) in [5, 5.41) is 3.48. The number of hydrogen-bond donors (Lipinski definition) is 1. The lowest BCUT2D eigenvalue weighted by Crippen LogP contribution is -2.53. The number of ether oxygens (including phenoxy) is 1. The molecule has 0 spiro atoms. The normalized spacial score (nSPS) is 18.9. The van der Waals surface area contributed by atoms with Crippen molar-refractivity contribution in [3.8, 4) is 5.75 Å². The van der Waals surface area contributed by atoms with Crippen LogP contribution >= 0.6 is 0 Å². The van der Waals surface area contributed by atoms with Crippen molar-refractivity contribution in [2.75, 3.05) is 26.2 Å². The Morgan fingerprint density at radius 2 is 2.10 bits per heavy atom. The monoisotopic (exact) mass is 290 g/mol. The van der Waals surface area contributed by atoms with E-state index in [9.17, 15) is 4.79 Å². The second-order valence-corrected chi connectivity index (χ2v) is 6.22. The first kappa shape index (κ1) is 15.8. The maximum Gasteiger partial charge on any atom is 0.260 e. The summed E-state index contributed by atoms with van der Waals surface area (Å²) in [5.74, 6) is 1.47. The number of benzene rings is 1. The van der Waals surface area contributed by atoms with Crippen molar-refractivity contribution in [3.05, 3.63) is 29.8 Å². The summed E-state index contributed by atoms with van der Waals surface area (Å²) in [6.07, 6.45) is 1.10. The van der Waals surface area contributed by atoms with E-state index in [4.69, 9.17) is 4.74 Å². The molecule has 0 aliphatic carbocycles. The molecule has 1 aliphatic heterocycles. The standard InChI is InChI=1S/C17H26N2O2/c1-13(2)10-15-11-19(9-8-18-15)17(20)12-21-16-6-4-14(3)5-7-16/h4-7,13,15,18H,8-12H2,1-3H3. The van der Waals surface area contributed by atoms with Crippen LogP contribution in [0, 0.1) is 12.8 Å². The average molecular weight is 290 g/mol. The highest BCUT2D eigenvalue weighted by Gasteiger charge is 2.23. The molecule has 1 fully saturated rings. The largest absolute Gasteiger partial charge is 0.484 e. The zero-order valence-corrected chi connectivity index (χ0v) is 13.3. The van der Waals surface area contributed by atoms with E-state index in [2.05, 4.69) is 19.2 Å². The van der Waals surface area contributed by atoms with Gasteiger partial charge in [-0.2, -0.15) is 0 Å². The van der Waals surface area contributed by atoms with Crippen molar-refractivity contribution in [2.24, 2.45) is 5.92 Å². The van der Waals surface area contributed by atoms with Crippen molar-refractivity contribution >= 4 is 5.91 Å². The maximum atomic E-state index is 12.2. The molecule has 1 aromatic rings. The first-order chi connectivity index (χ1) is 10.0. The molecular formula is C17H26N2O2. The molecule has 4 heteroatoms. The summed E-state index contributed by atoms with van der Waals surface area (Å²) in [7, 11) is 0. The number of rotatable bonds is 5. The molecule has 116 valence electrons. The van der Waals surface area contributed by atoms with Gasteiger partial charge in [0.05, 0.1) is 0 Å². The van der Waals surface area contributed by atoms with E-state index >= 15 is 0 Å². The van der Waals surface area contributed by atoms with Crippen LogP contribution in [-0.4, -0.2) is 43.1 Å². The molecule has 21 heavy (non-hydrogen) atoms. The number of carbonyl (C=O) groups is 1. The van der Waals surface area contributed by atoms with Crippen LogP contribution in [0.15, 0.2) is 24.3 Å². The van der Waals surface area contributed by atoms with E-state index in [-0.39, 0.29) is 12.5 Å². The Labute approximate surface area is 127 Å². The maximum absolute atomic E-state index is 12.2. The third-order valence-corrected chi connectivity index (χ3v) is 3.75. The third kappa shape index (κ3) is 5.05. The van der Waals surface area contributed by atoms with Crippen molar-refractivity contribution < 1.29 is 9.53 Å². The zero-order chi connectivity index (χ0) is 15.2. The van der Waals surface area contributed by atoms with Gasteiger partial charge >= 0.3 is 0 Å². The topological polar surface area (TPSA) is 41.6 Å². The Hall–Kier alpha value is -1.55. The number of carbonyl (C=O) groups excluding carboxylic acids is 1. The highest BCUT2D eigenvalue weighted by atomic mass is 16.5. The van der Waals surface area contributed by atoms with Gasteiger partial charge in [0, 0.05) is 25.7 Å². The van der Waals surface area contributed by atoms with E-state index in [0.717, 1.165) is 31.8 Å². The molecule has 1 atom stereocenters. The van der Waals surface area contributed by atoms with Gasteiger partial charge in [-0.25, -0.2) is 0 Å². The van der Waals surface area contributed by atoms with Crippen LogP contribution in [0.4, 0.5) is 0 Å². The van der Waals surface area contributed by atoms with Gasteiger partial charge in [-0.05, 0) is 31.4 Å². The smallest absolute Gasteiger partial charge is 0.260 e. The fourth-order valence-electron chi connectivity index (χ4n) is 2.65. The lowest BCUT2D eigenvalue weighted by atomic mass is 10.0. The molecule has 1 amide bonds. The van der Waals surface area contributed by atoms with E-state index in [1.54, 1.807) is 0 Å². The van der Waals surface area contributed by atoms with Gasteiger partial charge in [-0.1, -0.05) is 31.5 Å². The average Bonchev–Trinajstić information content (AvgIpc) is 2.46. The van der Waals surface area contributed by atoms with Gasteiger partial charge in [0.2, 0.25) is 0 Å². The van der Waals surface area contributed by atoms with E-state index in [0.29, 0.717) is 12.0 Å². The third-order valence-electron chi connectivity index (χ3n) is 3.75. The molecular weight excluding hydrogens is 264 g/mol. The van der Waals surface area contributed by atoms with Gasteiger partial charge in [-0.3, -0.25) is 4.79 Å². The molecule has 1 unspecified atom stereocenters. The van der Waals surface area contributed by atoms with Crippen molar-refractivity contribution in [1.29, 1.82) is 0 Å². The minimum absolute atomic E-state index is 0.0748. The second kappa shape index (κ2) is 7.46. The molecule has 0 saturated carbocycles. The Balaban J connectivity index is 1.81. The molecule has 1 N–H and O–H groups in total. The summed E-state index contributed by atoms with van der Waals surface area (Å²) >= 11 is 0. The van der Waals surface area contributed by atoms with Crippen molar-refractivity contribution in [2.45, 2.75) is 33.2 Å². The predicted molar refractivity (Wildman–Crippen MR) is 84.5 cm³/mol. The summed E-state index contributed by atoms with van der Waals surface area (Å²) < 4.78 is 5.58. The molecule has 0 bridgehead atoms. The van der Waals surface area contributed by atoms with E-state index in [1.165, 1.54) is 5.56 Å². The number of hydrogen-bond acceptors (Lipinski definition) is 3. The summed E-state index contributed by atoms with van der Waals surface area (Å²) in [5.41, 5.74) is 1.19. The lowest BCUT2D eigenvalue weighted by Gasteiger charge is -2.34. The van der Waals surface area contributed by atoms with Crippen molar-refractivity contribution in [1.82, 2.24) is 10.2 Å². The SMILES string of the molecule is Cc1ccc(OCC(=O)N2CCNC(CC(C)C)C2)cc1. The van der Waals surface area contributed by atoms with Gasteiger partial charge in [0.15, 0.2) is 6.61 Å². The van der Waals surface area contributed by atoms with Crippen LogP contribution in [0.5, 0.6) is 5.75 Å². The van der Waals surface area contributed by atoms with Gasteiger partial charge in [0.25, 0.3) is 5.91 Å². The highest BCUT2D eigenvalue weighted by Crippen LogP contribution is 2.13. The summed E-state index contributed by atoms with van der Waals surface area (Å²) in [6.45, 7) is 9.00. The molecule has 1 heterocycles. The lowest BCUT2D eigenvalue weighted by molar-refractivity contribution is -0.134. The van der Waals surface area contributed by atoms with Gasteiger partial charge < -0.3 is 15.0 Å². The Bertz CT molecular complexity index is 456. The minimum Gasteiger partial charge on any atom is -0.484 e. The Morgan fingerprint density at radius 1 is 1.38 bits per heavy atom. The molecule has 1 saturated heterocycles. The van der Waals surface area contributed by atoms with Crippen LogP contribution in [0.2, 0.25) is 0 Å². The molecule has 1 aliphatic rings. The van der Waals surface area contributed by atoms with Crippen molar-refractivity contribution in [3.63, 3.8) is 0 Å². The Morgan fingerprint density at radius 3 is 2.76 bits per heavy atom. The Kier molecular flexibility index (Phi) is 5.62. The molecule has 0 radical (unpaired) electrons. The molecule has 0 aromatic heterocycles. The molecule has 2 rings (SSSR count). The minimum atomic E-state index is 0.0748. The predicted octanol–water partition coefficient (Wildman–Crippen LogP) is 2.22. The fraction of sp³-hybridized carbons (Fsp3) is 0.588. The van der Waals surface area contributed by atoms with Crippen LogP contribution in [0.3, 0.4) is 0 Å². The van der Waals surface area contributed by atoms with Crippen LogP contribution in [0.25, 0.3) is 0 Å². The quantitative estimate of drug-likeness (QED) is 0.904. The zero-order valence-electron chi connectivity index (χ0n) is 13.3. The van der Waals surface area contributed by atoms with Crippen LogP contribution < -0.4 is 10.1 Å². The van der Waals surface area contributed by atoms with Crippen LogP contribution in [0.1, 0.15) is 25.8 Å². The number of aryl methyl sites for hydroxylation is 1. The second-order valence-electron chi connectivity index (χ2n) is 6.22. The molecule has 4 nitrogen and oxygen atoms in total. The molecule has 1 aromatic carbocycles. The summed E-state index contributed by atoms with van der Waals surface area (Å²) in [4.78, 5) is 14.2. The number of amides is 1. The fourth-order valence-corrected chi connectivity index (χ4v) is 2.65. The van der Waals surface area contributed by atoms with E-state index < -0.39 is 0 Å². The number of nitrogens with one attached hydrogen (secondary N) is 1. The summed E-state index contributed by atoms with van der Waals surface area (Å²) in [6, 6.07) is 8.19. The highest BCUT2D eigenvalue weighted by molar-refractivity contribution is 5.78. The number of nitrogens with zero attached hydrogens (tertiary/aromatic N) is 1. The number of piperazine rings is 1.